The standard InChI is InChI=1S/C17H25N5O/c1-3-16-18-8-11-21(16)10-5-7-19-17(23)22-13-12-20-9-4-6-15(20)14(22)2/h4,6,8-9,11,14H,3,5,7,10,12-13H2,1-2H3,(H,19,23)/t14-/m1/s1. The molecule has 0 bridgehead atoms. The van der Waals surface area contributed by atoms with Crippen molar-refractivity contribution in [2.75, 3.05) is 13.1 Å². The van der Waals surface area contributed by atoms with Crippen LogP contribution in [0.15, 0.2) is 30.7 Å². The second-order valence-electron chi connectivity index (χ2n) is 5.97. The lowest BCUT2D eigenvalue weighted by Gasteiger charge is -2.34. The summed E-state index contributed by atoms with van der Waals surface area (Å²) in [5.74, 6) is 1.10. The first-order chi connectivity index (χ1) is 11.2. The van der Waals surface area contributed by atoms with Gasteiger partial charge in [-0.05, 0) is 25.5 Å². The first-order valence-electron chi connectivity index (χ1n) is 8.40. The molecule has 1 aliphatic heterocycles. The number of carbonyl (C=O) groups is 1. The summed E-state index contributed by atoms with van der Waals surface area (Å²) in [4.78, 5) is 18.6. The van der Waals surface area contributed by atoms with Gasteiger partial charge in [-0.15, -0.1) is 0 Å². The Morgan fingerprint density at radius 2 is 2.26 bits per heavy atom. The van der Waals surface area contributed by atoms with Crippen LogP contribution in [0.1, 0.15) is 37.8 Å². The van der Waals surface area contributed by atoms with E-state index in [0.717, 1.165) is 38.3 Å². The zero-order valence-corrected chi connectivity index (χ0v) is 13.9. The molecule has 0 spiro atoms. The Hall–Kier alpha value is -2.24. The molecule has 6 nitrogen and oxygen atoms in total. The highest BCUT2D eigenvalue weighted by molar-refractivity contribution is 5.74. The van der Waals surface area contributed by atoms with Crippen LogP contribution in [-0.4, -0.2) is 38.1 Å². The number of nitrogens with one attached hydrogen (secondary N) is 1. The number of rotatable bonds is 5. The van der Waals surface area contributed by atoms with Crippen LogP contribution in [0.4, 0.5) is 4.79 Å². The van der Waals surface area contributed by atoms with Gasteiger partial charge in [0.15, 0.2) is 0 Å². The first-order valence-corrected chi connectivity index (χ1v) is 8.40. The van der Waals surface area contributed by atoms with Crippen LogP contribution >= 0.6 is 0 Å². The minimum absolute atomic E-state index is 0.0336. The van der Waals surface area contributed by atoms with Crippen molar-refractivity contribution in [3.63, 3.8) is 0 Å². The Morgan fingerprint density at radius 1 is 1.39 bits per heavy atom. The lowest BCUT2D eigenvalue weighted by Crippen LogP contribution is -2.46. The smallest absolute Gasteiger partial charge is 0.318 e. The molecule has 3 rings (SSSR count). The highest BCUT2D eigenvalue weighted by Crippen LogP contribution is 2.24. The molecular weight excluding hydrogens is 290 g/mol. The van der Waals surface area contributed by atoms with Crippen LogP contribution in [0.25, 0.3) is 0 Å². The fraction of sp³-hybridized carbons (Fsp3) is 0.529. The second kappa shape index (κ2) is 6.89. The molecule has 124 valence electrons. The van der Waals surface area contributed by atoms with Crippen LogP contribution in [0.5, 0.6) is 0 Å². The van der Waals surface area contributed by atoms with Crippen molar-refractivity contribution >= 4 is 6.03 Å². The Bertz CT molecular complexity index is 659. The maximum atomic E-state index is 12.4. The third-order valence-electron chi connectivity index (χ3n) is 4.57. The number of aryl methyl sites for hydroxylation is 2. The number of carbonyl (C=O) groups excluding carboxylic acids is 1. The molecule has 0 fully saturated rings. The van der Waals surface area contributed by atoms with Crippen molar-refractivity contribution in [3.8, 4) is 0 Å². The lowest BCUT2D eigenvalue weighted by atomic mass is 10.1. The van der Waals surface area contributed by atoms with Gasteiger partial charge in [0.2, 0.25) is 0 Å². The minimum atomic E-state index is 0.0336. The van der Waals surface area contributed by atoms with Gasteiger partial charge in [0.25, 0.3) is 0 Å². The molecule has 3 heterocycles. The van der Waals surface area contributed by atoms with E-state index in [-0.39, 0.29) is 12.1 Å². The van der Waals surface area contributed by atoms with E-state index in [0.29, 0.717) is 6.54 Å². The molecule has 2 aromatic rings. The summed E-state index contributed by atoms with van der Waals surface area (Å²) < 4.78 is 4.38. The van der Waals surface area contributed by atoms with E-state index < -0.39 is 0 Å². The fourth-order valence-electron chi connectivity index (χ4n) is 3.26. The topological polar surface area (TPSA) is 55.1 Å². The summed E-state index contributed by atoms with van der Waals surface area (Å²) in [6.07, 6.45) is 7.76. The molecule has 0 aliphatic carbocycles. The van der Waals surface area contributed by atoms with Crippen LogP contribution < -0.4 is 5.32 Å². The van der Waals surface area contributed by atoms with E-state index in [9.17, 15) is 4.79 Å². The quantitative estimate of drug-likeness (QED) is 0.862. The Morgan fingerprint density at radius 3 is 3.09 bits per heavy atom. The van der Waals surface area contributed by atoms with Crippen LogP contribution in [0.3, 0.4) is 0 Å². The number of imidazole rings is 1. The van der Waals surface area contributed by atoms with Gasteiger partial charge in [-0.25, -0.2) is 9.78 Å². The Labute approximate surface area is 137 Å². The molecule has 0 saturated heterocycles. The van der Waals surface area contributed by atoms with Gasteiger partial charge in [0, 0.05) is 56.9 Å². The van der Waals surface area contributed by atoms with Crippen LogP contribution in [0, 0.1) is 0 Å². The molecule has 1 aliphatic rings. The van der Waals surface area contributed by atoms with E-state index >= 15 is 0 Å². The summed E-state index contributed by atoms with van der Waals surface area (Å²) in [7, 11) is 0. The molecule has 0 aromatic carbocycles. The normalized spacial score (nSPS) is 17.1. The summed E-state index contributed by atoms with van der Waals surface area (Å²) in [5.41, 5.74) is 1.21. The zero-order chi connectivity index (χ0) is 16.2. The predicted molar refractivity (Wildman–Crippen MR) is 89.2 cm³/mol. The molecule has 23 heavy (non-hydrogen) atoms. The molecule has 6 heteroatoms. The van der Waals surface area contributed by atoms with E-state index in [4.69, 9.17) is 0 Å². The minimum Gasteiger partial charge on any atom is -0.348 e. The van der Waals surface area contributed by atoms with Crippen molar-refractivity contribution in [3.05, 3.63) is 42.2 Å². The van der Waals surface area contributed by atoms with Gasteiger partial charge in [-0.2, -0.15) is 0 Å². The number of aromatic nitrogens is 3. The molecule has 2 amide bonds. The van der Waals surface area contributed by atoms with E-state index in [1.165, 1.54) is 5.69 Å². The monoisotopic (exact) mass is 315 g/mol. The summed E-state index contributed by atoms with van der Waals surface area (Å²) >= 11 is 0. The fourth-order valence-corrected chi connectivity index (χ4v) is 3.26. The van der Waals surface area contributed by atoms with E-state index in [1.807, 2.05) is 23.4 Å². The van der Waals surface area contributed by atoms with Gasteiger partial charge in [-0.1, -0.05) is 6.92 Å². The summed E-state index contributed by atoms with van der Waals surface area (Å²) in [6.45, 7) is 7.40. The highest BCUT2D eigenvalue weighted by atomic mass is 16.2. The van der Waals surface area contributed by atoms with Gasteiger partial charge in [0.1, 0.15) is 5.82 Å². The van der Waals surface area contributed by atoms with Crippen molar-refractivity contribution in [2.24, 2.45) is 0 Å². The SMILES string of the molecule is CCc1nccn1CCCNC(=O)N1CCn2cccc2[C@H]1C. The summed E-state index contributed by atoms with van der Waals surface area (Å²) in [5, 5.41) is 3.05. The van der Waals surface area contributed by atoms with Gasteiger partial charge >= 0.3 is 6.03 Å². The molecular formula is C17H25N5O. The predicted octanol–water partition coefficient (Wildman–Crippen LogP) is 2.42. The first kappa shape index (κ1) is 15.6. The van der Waals surface area contributed by atoms with Gasteiger partial charge < -0.3 is 19.4 Å². The molecule has 0 radical (unpaired) electrons. The average Bonchev–Trinajstić information content (AvgIpc) is 3.20. The third kappa shape index (κ3) is 3.25. The number of amides is 2. The van der Waals surface area contributed by atoms with Crippen molar-refractivity contribution < 1.29 is 4.79 Å². The molecule has 1 atom stereocenters. The zero-order valence-electron chi connectivity index (χ0n) is 13.9. The molecule has 2 aromatic heterocycles. The summed E-state index contributed by atoms with van der Waals surface area (Å²) in [6, 6.07) is 4.30. The van der Waals surface area contributed by atoms with Gasteiger partial charge in [-0.3, -0.25) is 0 Å². The number of urea groups is 1. The Balaban J connectivity index is 1.47. The average molecular weight is 315 g/mol. The van der Waals surface area contributed by atoms with Gasteiger partial charge in [0.05, 0.1) is 6.04 Å². The number of hydrogen-bond acceptors (Lipinski definition) is 2. The second-order valence-corrected chi connectivity index (χ2v) is 5.97. The highest BCUT2D eigenvalue weighted by Gasteiger charge is 2.26. The molecule has 0 saturated carbocycles. The molecule has 1 N–H and O–H groups in total. The largest absolute Gasteiger partial charge is 0.348 e. The van der Waals surface area contributed by atoms with Crippen molar-refractivity contribution in [1.29, 1.82) is 0 Å². The molecule has 0 unspecified atom stereocenters. The van der Waals surface area contributed by atoms with E-state index in [2.05, 4.69) is 45.5 Å². The number of fused-ring (bicyclic) bond motifs is 1. The maximum Gasteiger partial charge on any atom is 0.318 e. The van der Waals surface area contributed by atoms with E-state index in [1.54, 1.807) is 0 Å². The van der Waals surface area contributed by atoms with Crippen molar-refractivity contribution in [2.45, 2.75) is 45.8 Å². The third-order valence-corrected chi connectivity index (χ3v) is 4.57. The lowest BCUT2D eigenvalue weighted by molar-refractivity contribution is 0.162. The van der Waals surface area contributed by atoms with Crippen molar-refractivity contribution in [1.82, 2.24) is 24.3 Å². The Kier molecular flexibility index (Phi) is 4.69. The number of hydrogen-bond donors (Lipinski definition) is 1. The van der Waals surface area contributed by atoms with Crippen LogP contribution in [-0.2, 0) is 19.5 Å². The number of nitrogens with zero attached hydrogens (tertiary/aromatic N) is 4. The maximum absolute atomic E-state index is 12.4. The van der Waals surface area contributed by atoms with Crippen LogP contribution in [0.2, 0.25) is 0 Å².